The van der Waals surface area contributed by atoms with Gasteiger partial charge in [-0.1, -0.05) is 273 Å². The summed E-state index contributed by atoms with van der Waals surface area (Å²) in [5, 5.41) is 0. The third kappa shape index (κ3) is 60.5. The summed E-state index contributed by atoms with van der Waals surface area (Å²) in [7, 11) is -4.40. The number of carbonyl (C=O) groups excluding carboxylic acids is 2. The largest absolute Gasteiger partial charge is 0.472 e. The van der Waals surface area contributed by atoms with E-state index < -0.39 is 26.5 Å². The average molecular weight is 1070 g/mol. The summed E-state index contributed by atoms with van der Waals surface area (Å²) in [4.78, 5) is 35.2. The van der Waals surface area contributed by atoms with Crippen LogP contribution in [0.2, 0.25) is 0 Å². The van der Waals surface area contributed by atoms with E-state index in [4.69, 9.17) is 24.3 Å². The van der Waals surface area contributed by atoms with Crippen molar-refractivity contribution in [3.63, 3.8) is 0 Å². The molecule has 0 spiro atoms. The van der Waals surface area contributed by atoms with E-state index in [2.05, 4.69) is 86.8 Å². The summed E-state index contributed by atoms with van der Waals surface area (Å²) < 4.78 is 33.1. The minimum absolute atomic E-state index is 0.0494. The quantitative estimate of drug-likeness (QED) is 0.0264. The lowest BCUT2D eigenvalue weighted by molar-refractivity contribution is -0.161. The molecule has 3 N–H and O–H groups in total. The number of phosphoric acid groups is 1. The zero-order valence-electron chi connectivity index (χ0n) is 48.8. The van der Waals surface area contributed by atoms with E-state index in [1.165, 1.54) is 186 Å². The predicted molar refractivity (Wildman–Crippen MR) is 321 cm³/mol. The van der Waals surface area contributed by atoms with Crippen LogP contribution in [0.25, 0.3) is 0 Å². The monoisotopic (exact) mass is 1070 g/mol. The third-order valence-electron chi connectivity index (χ3n) is 13.6. The molecule has 0 fully saturated rings. The molecular formula is C65H118NO8P. The van der Waals surface area contributed by atoms with Crippen molar-refractivity contribution < 1.29 is 37.6 Å². The van der Waals surface area contributed by atoms with Crippen LogP contribution in [0.3, 0.4) is 0 Å². The maximum absolute atomic E-state index is 12.7. The molecular weight excluding hydrogens is 954 g/mol. The van der Waals surface area contributed by atoms with Gasteiger partial charge >= 0.3 is 19.8 Å². The first-order valence-corrected chi connectivity index (χ1v) is 32.9. The lowest BCUT2D eigenvalue weighted by Crippen LogP contribution is -2.29. The van der Waals surface area contributed by atoms with Gasteiger partial charge in [-0.05, 0) is 83.5 Å². The molecule has 0 heterocycles. The number of ether oxygens (including phenoxy) is 2. The highest BCUT2D eigenvalue weighted by Crippen LogP contribution is 2.43. The van der Waals surface area contributed by atoms with E-state index in [-0.39, 0.29) is 38.6 Å². The highest BCUT2D eigenvalue weighted by molar-refractivity contribution is 7.47. The number of allylic oxidation sites excluding steroid dienone is 12. The second-order valence-corrected chi connectivity index (χ2v) is 22.3. The Morgan fingerprint density at radius 1 is 0.413 bits per heavy atom. The fourth-order valence-electron chi connectivity index (χ4n) is 8.95. The van der Waals surface area contributed by atoms with Crippen LogP contribution in [0, 0.1) is 0 Å². The molecule has 0 amide bonds. The Morgan fingerprint density at radius 3 is 1.11 bits per heavy atom. The van der Waals surface area contributed by atoms with Gasteiger partial charge < -0.3 is 20.1 Å². The van der Waals surface area contributed by atoms with Gasteiger partial charge in [0, 0.05) is 19.4 Å². The lowest BCUT2D eigenvalue weighted by Gasteiger charge is -2.19. The molecule has 0 bridgehead atoms. The highest BCUT2D eigenvalue weighted by Gasteiger charge is 2.26. The molecule has 436 valence electrons. The smallest absolute Gasteiger partial charge is 0.462 e. The van der Waals surface area contributed by atoms with Crippen LogP contribution in [0.5, 0.6) is 0 Å². The number of nitrogens with two attached hydrogens (primary N) is 1. The van der Waals surface area contributed by atoms with Gasteiger partial charge in [-0.25, -0.2) is 4.57 Å². The van der Waals surface area contributed by atoms with Gasteiger partial charge in [-0.3, -0.25) is 18.6 Å². The van der Waals surface area contributed by atoms with Gasteiger partial charge in [0.05, 0.1) is 13.2 Å². The minimum atomic E-state index is -4.40. The van der Waals surface area contributed by atoms with E-state index >= 15 is 0 Å². The van der Waals surface area contributed by atoms with Crippen molar-refractivity contribution in [2.24, 2.45) is 5.73 Å². The molecule has 0 aliphatic carbocycles. The molecule has 0 rings (SSSR count). The topological polar surface area (TPSA) is 134 Å². The van der Waals surface area contributed by atoms with Gasteiger partial charge in [0.2, 0.25) is 0 Å². The lowest BCUT2D eigenvalue weighted by atomic mass is 10.0. The van der Waals surface area contributed by atoms with Crippen molar-refractivity contribution in [1.29, 1.82) is 0 Å². The molecule has 0 saturated heterocycles. The molecule has 0 saturated carbocycles. The molecule has 2 unspecified atom stereocenters. The molecule has 75 heavy (non-hydrogen) atoms. The average Bonchev–Trinajstić information content (AvgIpc) is 3.40. The maximum atomic E-state index is 12.7. The molecule has 0 aromatic rings. The molecule has 9 nitrogen and oxygen atoms in total. The molecule has 0 aromatic heterocycles. The number of esters is 2. The normalized spacial score (nSPS) is 13.5. The summed E-state index contributed by atoms with van der Waals surface area (Å²) in [6.07, 6.45) is 78.3. The number of hydrogen-bond acceptors (Lipinski definition) is 8. The van der Waals surface area contributed by atoms with E-state index in [0.29, 0.717) is 6.42 Å². The maximum Gasteiger partial charge on any atom is 0.472 e. The van der Waals surface area contributed by atoms with Crippen LogP contribution >= 0.6 is 7.82 Å². The van der Waals surface area contributed by atoms with Crippen LogP contribution in [0.15, 0.2) is 72.9 Å². The first kappa shape index (κ1) is 72.5. The second kappa shape index (κ2) is 60.7. The summed E-state index contributed by atoms with van der Waals surface area (Å²) in [5.41, 5.74) is 5.39. The Morgan fingerprint density at radius 2 is 0.733 bits per heavy atom. The standard InChI is InChI=1S/C65H118NO8P/c1-3-5-7-9-11-13-15-17-19-21-23-25-27-28-29-30-31-32-33-34-36-37-39-41-43-45-47-49-51-53-55-57-64(67)71-61-63(62-73-75(69,70)72-60-59-66)74-65(68)58-56-54-52-50-48-46-44-42-40-38-35-26-24-22-20-18-16-14-12-10-8-6-4-2/h6,8,12,14,18,20-21,23-24,26,38,40,63H,3-5,7,9-11,13,15-17,19,22,25,27-37,39,41-62,66H2,1-2H3,(H,69,70)/b8-6-,14-12-,20-18-,23-21-,26-24-,40-38-. The molecule has 0 aliphatic rings. The van der Waals surface area contributed by atoms with Crippen molar-refractivity contribution in [2.45, 2.75) is 302 Å². The van der Waals surface area contributed by atoms with Gasteiger partial charge in [0.15, 0.2) is 6.10 Å². The summed E-state index contributed by atoms with van der Waals surface area (Å²) >= 11 is 0. The number of rotatable bonds is 59. The van der Waals surface area contributed by atoms with Crippen LogP contribution in [0.1, 0.15) is 296 Å². The van der Waals surface area contributed by atoms with Crippen LogP contribution in [0.4, 0.5) is 0 Å². The molecule has 10 heteroatoms. The van der Waals surface area contributed by atoms with Gasteiger partial charge in [-0.2, -0.15) is 0 Å². The zero-order chi connectivity index (χ0) is 54.5. The molecule has 2 atom stereocenters. The third-order valence-corrected chi connectivity index (χ3v) is 14.6. The van der Waals surface area contributed by atoms with Crippen LogP contribution < -0.4 is 5.73 Å². The van der Waals surface area contributed by atoms with E-state index in [9.17, 15) is 19.0 Å². The van der Waals surface area contributed by atoms with Crippen molar-refractivity contribution in [3.8, 4) is 0 Å². The number of hydrogen-bond donors (Lipinski definition) is 2. The SMILES string of the molecule is CC/C=C\C/C=C\C/C=C\C/C=C\C/C=C\CCCCCCCCCC(=O)OC(COC(=O)CCCCCCCCCCCCCCCCCCCCC/C=C\CCCCCCCCCC)COP(=O)(O)OCCN. The van der Waals surface area contributed by atoms with Crippen molar-refractivity contribution in [3.05, 3.63) is 72.9 Å². The molecule has 0 aromatic carbocycles. The second-order valence-electron chi connectivity index (χ2n) is 20.9. The van der Waals surface area contributed by atoms with E-state index in [0.717, 1.165) is 77.0 Å². The first-order chi connectivity index (χ1) is 36.8. The Hall–Kier alpha value is -2.55. The Balaban J connectivity index is 3.91. The Kier molecular flexibility index (Phi) is 58.6. The van der Waals surface area contributed by atoms with Crippen molar-refractivity contribution in [2.75, 3.05) is 26.4 Å². The molecule has 0 radical (unpaired) electrons. The Bertz CT molecular complexity index is 1460. The van der Waals surface area contributed by atoms with Crippen LogP contribution in [-0.2, 0) is 32.7 Å². The van der Waals surface area contributed by atoms with Gasteiger partial charge in [0.1, 0.15) is 6.61 Å². The van der Waals surface area contributed by atoms with Crippen LogP contribution in [-0.4, -0.2) is 49.3 Å². The summed E-state index contributed by atoms with van der Waals surface area (Å²) in [6.45, 7) is 3.65. The van der Waals surface area contributed by atoms with E-state index in [1.54, 1.807) is 0 Å². The fourth-order valence-corrected chi connectivity index (χ4v) is 9.72. The van der Waals surface area contributed by atoms with Crippen molar-refractivity contribution >= 4 is 19.8 Å². The fraction of sp³-hybridized carbons (Fsp3) is 0.785. The number of carbonyl (C=O) groups is 2. The Labute approximate surface area is 462 Å². The zero-order valence-corrected chi connectivity index (χ0v) is 49.7. The van der Waals surface area contributed by atoms with Crippen molar-refractivity contribution in [1.82, 2.24) is 0 Å². The van der Waals surface area contributed by atoms with Gasteiger partial charge in [-0.15, -0.1) is 0 Å². The number of unbranched alkanes of at least 4 members (excludes halogenated alkanes) is 34. The summed E-state index contributed by atoms with van der Waals surface area (Å²) in [5.74, 6) is -0.832. The summed E-state index contributed by atoms with van der Waals surface area (Å²) in [6, 6.07) is 0. The predicted octanol–water partition coefficient (Wildman–Crippen LogP) is 20.1. The first-order valence-electron chi connectivity index (χ1n) is 31.4. The molecule has 0 aliphatic heterocycles. The number of phosphoric ester groups is 1. The van der Waals surface area contributed by atoms with Gasteiger partial charge in [0.25, 0.3) is 0 Å². The van der Waals surface area contributed by atoms with E-state index in [1.807, 2.05) is 0 Å². The minimum Gasteiger partial charge on any atom is -0.462 e. The highest BCUT2D eigenvalue weighted by atomic mass is 31.2.